The van der Waals surface area contributed by atoms with Crippen molar-refractivity contribution in [3.05, 3.63) is 29.3 Å². The molecule has 3 atom stereocenters. The van der Waals surface area contributed by atoms with E-state index < -0.39 is 10.0 Å². The Kier molecular flexibility index (Phi) is 4.05. The third-order valence-electron chi connectivity index (χ3n) is 4.40. The molecule has 6 heteroatoms. The van der Waals surface area contributed by atoms with Gasteiger partial charge >= 0.3 is 0 Å². The topological polar surface area (TPSA) is 75.6 Å². The van der Waals surface area contributed by atoms with E-state index in [2.05, 4.69) is 4.72 Å². The summed E-state index contributed by atoms with van der Waals surface area (Å²) in [6.07, 6.45) is 3.56. The number of fused-ring (bicyclic) bond motifs is 2. The SMILES string of the molecule is CCc1ccc(CO)cc1S(=O)(=O)NC1CC2CCC1O2. The molecule has 2 fully saturated rings. The number of nitrogens with one attached hydrogen (secondary N) is 1. The molecule has 0 aromatic heterocycles. The first-order valence-corrected chi connectivity index (χ1v) is 8.92. The highest BCUT2D eigenvalue weighted by molar-refractivity contribution is 7.89. The van der Waals surface area contributed by atoms with E-state index in [-0.39, 0.29) is 29.8 Å². The Morgan fingerprint density at radius 1 is 1.38 bits per heavy atom. The quantitative estimate of drug-likeness (QED) is 0.860. The summed E-state index contributed by atoms with van der Waals surface area (Å²) in [7, 11) is -3.58. The molecule has 0 saturated carbocycles. The number of aliphatic hydroxyl groups excluding tert-OH is 1. The number of sulfonamides is 1. The second-order valence-corrected chi connectivity index (χ2v) is 7.47. The highest BCUT2D eigenvalue weighted by Gasteiger charge is 2.42. The minimum atomic E-state index is -3.58. The summed E-state index contributed by atoms with van der Waals surface area (Å²) in [6, 6.07) is 4.97. The van der Waals surface area contributed by atoms with E-state index >= 15 is 0 Å². The average Bonchev–Trinajstić information content (AvgIpc) is 3.08. The fraction of sp³-hybridized carbons (Fsp3) is 0.600. The van der Waals surface area contributed by atoms with E-state index in [1.165, 1.54) is 0 Å². The van der Waals surface area contributed by atoms with Crippen molar-refractivity contribution in [1.29, 1.82) is 0 Å². The molecule has 2 saturated heterocycles. The monoisotopic (exact) mass is 311 g/mol. The van der Waals surface area contributed by atoms with E-state index in [0.29, 0.717) is 12.0 Å². The van der Waals surface area contributed by atoms with E-state index in [9.17, 15) is 13.5 Å². The van der Waals surface area contributed by atoms with Crippen LogP contribution in [0.3, 0.4) is 0 Å². The van der Waals surface area contributed by atoms with Crippen LogP contribution in [0, 0.1) is 0 Å². The molecule has 0 radical (unpaired) electrons. The summed E-state index contributed by atoms with van der Waals surface area (Å²) in [4.78, 5) is 0.277. The fourth-order valence-electron chi connectivity index (χ4n) is 3.26. The molecular formula is C15H21NO4S. The second-order valence-electron chi connectivity index (χ2n) is 5.79. The van der Waals surface area contributed by atoms with E-state index in [1.54, 1.807) is 18.2 Å². The van der Waals surface area contributed by atoms with Gasteiger partial charge in [0.25, 0.3) is 0 Å². The van der Waals surface area contributed by atoms with Crippen LogP contribution in [0.2, 0.25) is 0 Å². The van der Waals surface area contributed by atoms with Crippen LogP contribution in [-0.2, 0) is 27.8 Å². The smallest absolute Gasteiger partial charge is 0.241 e. The van der Waals surface area contributed by atoms with Gasteiger partial charge in [0.2, 0.25) is 10.0 Å². The average molecular weight is 311 g/mol. The molecule has 2 aliphatic rings. The Bertz CT molecular complexity index is 629. The van der Waals surface area contributed by atoms with Gasteiger partial charge in [0.1, 0.15) is 0 Å². The molecule has 2 heterocycles. The molecule has 2 N–H and O–H groups in total. The standard InChI is InChI=1S/C15H21NO4S/c1-2-11-4-3-10(9-17)7-15(11)21(18,19)16-13-8-12-5-6-14(13)20-12/h3-4,7,12-14,16-17H,2,5-6,8-9H2,1H3. The lowest BCUT2D eigenvalue weighted by Gasteiger charge is -2.21. The molecule has 2 bridgehead atoms. The third-order valence-corrected chi connectivity index (χ3v) is 5.97. The van der Waals surface area contributed by atoms with Gasteiger partial charge in [-0.1, -0.05) is 19.1 Å². The molecule has 1 aromatic rings. The summed E-state index contributed by atoms with van der Waals surface area (Å²) >= 11 is 0. The van der Waals surface area contributed by atoms with Gasteiger partial charge in [-0.15, -0.1) is 0 Å². The summed E-state index contributed by atoms with van der Waals surface area (Å²) in [5, 5.41) is 9.23. The first-order chi connectivity index (χ1) is 10.0. The molecule has 3 rings (SSSR count). The summed E-state index contributed by atoms with van der Waals surface area (Å²) in [5.41, 5.74) is 1.38. The maximum atomic E-state index is 12.7. The highest BCUT2D eigenvalue weighted by Crippen LogP contribution is 2.35. The van der Waals surface area contributed by atoms with Crippen LogP contribution in [0.15, 0.2) is 23.1 Å². The Hall–Kier alpha value is -0.950. The van der Waals surface area contributed by atoms with Crippen molar-refractivity contribution in [3.63, 3.8) is 0 Å². The number of aryl methyl sites for hydroxylation is 1. The number of ether oxygens (including phenoxy) is 1. The van der Waals surface area contributed by atoms with Crippen LogP contribution < -0.4 is 4.72 Å². The number of rotatable bonds is 5. The van der Waals surface area contributed by atoms with Gasteiger partial charge in [-0.2, -0.15) is 0 Å². The maximum absolute atomic E-state index is 12.7. The lowest BCUT2D eigenvalue weighted by atomic mass is 9.96. The third kappa shape index (κ3) is 2.85. The number of aliphatic hydroxyl groups is 1. The summed E-state index contributed by atoms with van der Waals surface area (Å²) in [6.45, 7) is 1.76. The van der Waals surface area contributed by atoms with Crippen LogP contribution in [0.5, 0.6) is 0 Å². The van der Waals surface area contributed by atoms with Gasteiger partial charge in [0.05, 0.1) is 29.8 Å². The molecule has 5 nitrogen and oxygen atoms in total. The number of hydrogen-bond acceptors (Lipinski definition) is 4. The minimum absolute atomic E-state index is 0.0101. The minimum Gasteiger partial charge on any atom is -0.392 e. The molecular weight excluding hydrogens is 290 g/mol. The van der Waals surface area contributed by atoms with Crippen molar-refractivity contribution < 1.29 is 18.3 Å². The molecule has 0 spiro atoms. The zero-order valence-electron chi connectivity index (χ0n) is 12.1. The molecule has 3 unspecified atom stereocenters. The van der Waals surface area contributed by atoms with E-state index in [1.807, 2.05) is 6.92 Å². The normalized spacial score (nSPS) is 28.2. The Labute approximate surface area is 125 Å². The van der Waals surface area contributed by atoms with Crippen LogP contribution in [0.1, 0.15) is 37.3 Å². The second kappa shape index (κ2) is 5.68. The predicted octanol–water partition coefficient (Wildman–Crippen LogP) is 1.34. The van der Waals surface area contributed by atoms with Gasteiger partial charge in [-0.3, -0.25) is 0 Å². The lowest BCUT2D eigenvalue weighted by molar-refractivity contribution is 0.0996. The zero-order chi connectivity index (χ0) is 15.0. The predicted molar refractivity (Wildman–Crippen MR) is 78.4 cm³/mol. The Morgan fingerprint density at radius 2 is 2.19 bits per heavy atom. The highest BCUT2D eigenvalue weighted by atomic mass is 32.2. The first kappa shape index (κ1) is 15.0. The van der Waals surface area contributed by atoms with Gasteiger partial charge in [-0.05, 0) is 42.9 Å². The summed E-state index contributed by atoms with van der Waals surface area (Å²) in [5.74, 6) is 0. The van der Waals surface area contributed by atoms with Crippen molar-refractivity contribution in [3.8, 4) is 0 Å². The van der Waals surface area contributed by atoms with E-state index in [0.717, 1.165) is 24.8 Å². The Morgan fingerprint density at radius 3 is 2.76 bits per heavy atom. The molecule has 21 heavy (non-hydrogen) atoms. The number of hydrogen-bond donors (Lipinski definition) is 2. The van der Waals surface area contributed by atoms with Gasteiger partial charge in [0.15, 0.2) is 0 Å². The number of benzene rings is 1. The van der Waals surface area contributed by atoms with Crippen molar-refractivity contribution in [2.45, 2.75) is 62.4 Å². The fourth-order valence-corrected chi connectivity index (χ4v) is 4.90. The van der Waals surface area contributed by atoms with E-state index in [4.69, 9.17) is 4.74 Å². The van der Waals surface area contributed by atoms with Crippen LogP contribution in [0.25, 0.3) is 0 Å². The molecule has 116 valence electrons. The van der Waals surface area contributed by atoms with Crippen molar-refractivity contribution in [2.75, 3.05) is 0 Å². The van der Waals surface area contributed by atoms with Crippen molar-refractivity contribution in [2.24, 2.45) is 0 Å². The molecule has 1 aromatic carbocycles. The first-order valence-electron chi connectivity index (χ1n) is 7.44. The van der Waals surface area contributed by atoms with Crippen LogP contribution >= 0.6 is 0 Å². The molecule has 2 aliphatic heterocycles. The lowest BCUT2D eigenvalue weighted by Crippen LogP contribution is -2.41. The van der Waals surface area contributed by atoms with Crippen molar-refractivity contribution in [1.82, 2.24) is 4.72 Å². The largest absolute Gasteiger partial charge is 0.392 e. The van der Waals surface area contributed by atoms with Gasteiger partial charge < -0.3 is 9.84 Å². The Balaban J connectivity index is 1.87. The van der Waals surface area contributed by atoms with Crippen LogP contribution in [0.4, 0.5) is 0 Å². The van der Waals surface area contributed by atoms with Gasteiger partial charge in [0, 0.05) is 0 Å². The van der Waals surface area contributed by atoms with Crippen molar-refractivity contribution >= 4 is 10.0 Å². The molecule has 0 amide bonds. The zero-order valence-corrected chi connectivity index (χ0v) is 12.9. The summed E-state index contributed by atoms with van der Waals surface area (Å²) < 4.78 is 33.8. The maximum Gasteiger partial charge on any atom is 0.241 e. The van der Waals surface area contributed by atoms with Gasteiger partial charge in [-0.25, -0.2) is 13.1 Å². The van der Waals surface area contributed by atoms with Crippen LogP contribution in [-0.4, -0.2) is 31.8 Å². The molecule has 0 aliphatic carbocycles.